The van der Waals surface area contributed by atoms with E-state index in [0.29, 0.717) is 30.2 Å². The lowest BCUT2D eigenvalue weighted by atomic mass is 9.92. The van der Waals surface area contributed by atoms with Crippen LogP contribution in [0.15, 0.2) is 78.9 Å². The summed E-state index contributed by atoms with van der Waals surface area (Å²) in [4.78, 5) is 42.2. The first kappa shape index (κ1) is 32.4. The normalized spacial score (nSPS) is 13.3. The zero-order valence-corrected chi connectivity index (χ0v) is 26.8. The number of nitrogens with zero attached hydrogens (tertiary/aromatic N) is 4. The molecule has 3 aromatic carbocycles. The van der Waals surface area contributed by atoms with Crippen LogP contribution in [0.2, 0.25) is 0 Å². The van der Waals surface area contributed by atoms with E-state index >= 15 is 0 Å². The molecule has 1 aliphatic heterocycles. The molecule has 0 saturated carbocycles. The SMILES string of the molecule is Cn1nc(C(C)(C)C)cc1C(=O)N(CCC(=O)O)Cc1cccc(-c2ccc(N3CCOCC3)c(NC(=O)c3ccccc3)c2)c1. The molecule has 1 fully saturated rings. The third-order valence-electron chi connectivity index (χ3n) is 8.02. The van der Waals surface area contributed by atoms with Gasteiger partial charge in [0.15, 0.2) is 0 Å². The van der Waals surface area contributed by atoms with Crippen molar-refractivity contribution in [2.75, 3.05) is 43.1 Å². The minimum Gasteiger partial charge on any atom is -0.481 e. The fourth-order valence-electron chi connectivity index (χ4n) is 5.43. The lowest BCUT2D eigenvalue weighted by Gasteiger charge is -2.31. The second kappa shape index (κ2) is 14.0. The van der Waals surface area contributed by atoms with Crippen molar-refractivity contribution in [2.24, 2.45) is 7.05 Å². The van der Waals surface area contributed by atoms with Crippen molar-refractivity contribution in [2.45, 2.75) is 39.2 Å². The number of morpholine rings is 1. The van der Waals surface area contributed by atoms with E-state index in [4.69, 9.17) is 4.74 Å². The van der Waals surface area contributed by atoms with Gasteiger partial charge >= 0.3 is 5.97 Å². The van der Waals surface area contributed by atoms with E-state index in [0.717, 1.165) is 41.2 Å². The Hall–Kier alpha value is -4.96. The van der Waals surface area contributed by atoms with E-state index in [2.05, 4.69) is 15.3 Å². The molecule has 46 heavy (non-hydrogen) atoms. The summed E-state index contributed by atoms with van der Waals surface area (Å²) < 4.78 is 7.12. The number of ether oxygens (including phenoxy) is 1. The highest BCUT2D eigenvalue weighted by atomic mass is 16.5. The topological polar surface area (TPSA) is 117 Å². The molecule has 0 radical (unpaired) electrons. The Bertz CT molecular complexity index is 1700. The Morgan fingerprint density at radius 3 is 2.33 bits per heavy atom. The fourth-order valence-corrected chi connectivity index (χ4v) is 5.43. The summed E-state index contributed by atoms with van der Waals surface area (Å²) >= 11 is 0. The molecular formula is C36H41N5O5. The first-order valence-corrected chi connectivity index (χ1v) is 15.5. The molecule has 1 saturated heterocycles. The molecule has 0 unspecified atom stereocenters. The lowest BCUT2D eigenvalue weighted by molar-refractivity contribution is -0.137. The van der Waals surface area contributed by atoms with Gasteiger partial charge in [-0.05, 0) is 53.1 Å². The maximum atomic E-state index is 13.7. The highest BCUT2D eigenvalue weighted by molar-refractivity contribution is 6.06. The molecule has 2 heterocycles. The molecule has 1 aromatic heterocycles. The van der Waals surface area contributed by atoms with Crippen LogP contribution in [0.4, 0.5) is 11.4 Å². The Morgan fingerprint density at radius 1 is 0.935 bits per heavy atom. The summed E-state index contributed by atoms with van der Waals surface area (Å²) in [6.07, 6.45) is -0.178. The average Bonchev–Trinajstić information content (AvgIpc) is 3.45. The summed E-state index contributed by atoms with van der Waals surface area (Å²) in [6.45, 7) is 9.04. The zero-order chi connectivity index (χ0) is 32.8. The maximum absolute atomic E-state index is 13.7. The van der Waals surface area contributed by atoms with Crippen molar-refractivity contribution < 1.29 is 24.2 Å². The standard InChI is InChI=1S/C36H41N5O5/c1-36(2,3)32-23-31(39(4)38-32)35(45)41(16-15-33(42)43)24-25-9-8-12-27(21-25)28-13-14-30(40-17-19-46-20-18-40)29(22-28)37-34(44)26-10-6-5-7-11-26/h5-14,21-23H,15-20,24H2,1-4H3,(H,37,44)(H,42,43). The molecule has 10 heteroatoms. The Morgan fingerprint density at radius 2 is 1.65 bits per heavy atom. The Labute approximate surface area is 269 Å². The number of carboxylic acid groups (broad SMARTS) is 1. The molecule has 1 aliphatic rings. The van der Waals surface area contributed by atoms with Crippen LogP contribution in [-0.2, 0) is 28.5 Å². The molecule has 2 N–H and O–H groups in total. The van der Waals surface area contributed by atoms with Gasteiger partial charge in [0.25, 0.3) is 11.8 Å². The van der Waals surface area contributed by atoms with Crippen molar-refractivity contribution >= 4 is 29.2 Å². The second-order valence-electron chi connectivity index (χ2n) is 12.5. The van der Waals surface area contributed by atoms with Crippen LogP contribution in [0, 0.1) is 0 Å². The number of aryl methyl sites for hydroxylation is 1. The minimum atomic E-state index is -0.975. The summed E-state index contributed by atoms with van der Waals surface area (Å²) in [7, 11) is 1.73. The largest absolute Gasteiger partial charge is 0.481 e. The number of carbonyl (C=O) groups excluding carboxylic acids is 2. The summed E-state index contributed by atoms with van der Waals surface area (Å²) in [5.74, 6) is -1.45. The number of nitrogens with one attached hydrogen (secondary N) is 1. The smallest absolute Gasteiger partial charge is 0.305 e. The van der Waals surface area contributed by atoms with Crippen LogP contribution >= 0.6 is 0 Å². The maximum Gasteiger partial charge on any atom is 0.305 e. The molecule has 0 spiro atoms. The summed E-state index contributed by atoms with van der Waals surface area (Å²) in [5.41, 5.74) is 5.78. The van der Waals surface area contributed by atoms with Crippen molar-refractivity contribution in [1.29, 1.82) is 0 Å². The van der Waals surface area contributed by atoms with Crippen LogP contribution in [0.5, 0.6) is 0 Å². The molecule has 10 nitrogen and oxygen atoms in total. The molecule has 2 amide bonds. The summed E-state index contributed by atoms with van der Waals surface area (Å²) in [5, 5.41) is 17.1. The number of carboxylic acids is 1. The quantitative estimate of drug-likeness (QED) is 0.237. The first-order chi connectivity index (χ1) is 22.0. The molecule has 0 bridgehead atoms. The van der Waals surface area contributed by atoms with Gasteiger partial charge in [-0.3, -0.25) is 19.1 Å². The van der Waals surface area contributed by atoms with E-state index in [1.165, 1.54) is 0 Å². The van der Waals surface area contributed by atoms with Crippen LogP contribution in [-0.4, -0.2) is 70.4 Å². The van der Waals surface area contributed by atoms with E-state index in [9.17, 15) is 19.5 Å². The van der Waals surface area contributed by atoms with Crippen molar-refractivity contribution in [3.05, 3.63) is 101 Å². The number of hydrogen-bond donors (Lipinski definition) is 2. The molecular weight excluding hydrogens is 582 g/mol. The van der Waals surface area contributed by atoms with Gasteiger partial charge in [0.1, 0.15) is 5.69 Å². The molecule has 0 atom stereocenters. The number of hydrogen-bond acceptors (Lipinski definition) is 6. The minimum absolute atomic E-state index is 0.0539. The number of aliphatic carboxylic acids is 1. The molecule has 0 aliphatic carbocycles. The zero-order valence-electron chi connectivity index (χ0n) is 26.8. The third-order valence-corrected chi connectivity index (χ3v) is 8.02. The number of rotatable bonds is 10. The molecule has 240 valence electrons. The fraction of sp³-hybridized carbons (Fsp3) is 0.333. The summed E-state index contributed by atoms with van der Waals surface area (Å²) in [6, 6.07) is 24.7. The van der Waals surface area contributed by atoms with Crippen molar-refractivity contribution in [1.82, 2.24) is 14.7 Å². The van der Waals surface area contributed by atoms with Crippen LogP contribution in [0.1, 0.15) is 59.3 Å². The monoisotopic (exact) mass is 623 g/mol. The number of carbonyl (C=O) groups is 3. The molecule has 5 rings (SSSR count). The van der Waals surface area contributed by atoms with Crippen LogP contribution in [0.25, 0.3) is 11.1 Å². The second-order valence-corrected chi connectivity index (χ2v) is 12.5. The lowest BCUT2D eigenvalue weighted by Crippen LogP contribution is -2.36. The van der Waals surface area contributed by atoms with Crippen LogP contribution in [0.3, 0.4) is 0 Å². The predicted octanol–water partition coefficient (Wildman–Crippen LogP) is 5.59. The van der Waals surface area contributed by atoms with E-state index in [-0.39, 0.29) is 36.7 Å². The highest BCUT2D eigenvalue weighted by Gasteiger charge is 2.25. The highest BCUT2D eigenvalue weighted by Crippen LogP contribution is 2.33. The van der Waals surface area contributed by atoms with Crippen molar-refractivity contribution in [3.63, 3.8) is 0 Å². The van der Waals surface area contributed by atoms with Gasteiger partial charge in [-0.2, -0.15) is 5.10 Å². The Kier molecular flexibility index (Phi) is 9.87. The van der Waals surface area contributed by atoms with E-state index in [1.54, 1.807) is 34.8 Å². The number of benzene rings is 3. The molecule has 4 aromatic rings. The van der Waals surface area contributed by atoms with Gasteiger partial charge in [0, 0.05) is 44.2 Å². The average molecular weight is 624 g/mol. The van der Waals surface area contributed by atoms with Gasteiger partial charge in [0.2, 0.25) is 0 Å². The first-order valence-electron chi connectivity index (χ1n) is 15.5. The van der Waals surface area contributed by atoms with Gasteiger partial charge in [-0.1, -0.05) is 63.2 Å². The predicted molar refractivity (Wildman–Crippen MR) is 178 cm³/mol. The number of amides is 2. The number of aromatic nitrogens is 2. The van der Waals surface area contributed by atoms with Gasteiger partial charge in [0.05, 0.1) is 36.7 Å². The van der Waals surface area contributed by atoms with Gasteiger partial charge in [-0.15, -0.1) is 0 Å². The van der Waals surface area contributed by atoms with Crippen molar-refractivity contribution in [3.8, 4) is 11.1 Å². The van der Waals surface area contributed by atoms with E-state index in [1.807, 2.05) is 81.4 Å². The van der Waals surface area contributed by atoms with Crippen LogP contribution < -0.4 is 10.2 Å². The van der Waals surface area contributed by atoms with Gasteiger partial charge in [-0.25, -0.2) is 0 Å². The number of anilines is 2. The van der Waals surface area contributed by atoms with Gasteiger partial charge < -0.3 is 25.0 Å². The van der Waals surface area contributed by atoms with E-state index < -0.39 is 5.97 Å². The Balaban J connectivity index is 1.44. The third kappa shape index (κ3) is 7.81.